The number of carbonyl (C=O) groups excluding carboxylic acids is 2. The van der Waals surface area contributed by atoms with Crippen LogP contribution in [0.25, 0.3) is 22.1 Å². The van der Waals surface area contributed by atoms with Gasteiger partial charge in [-0.1, -0.05) is 36.4 Å². The molecular weight excluding hydrogens is 504 g/mol. The van der Waals surface area contributed by atoms with Crippen molar-refractivity contribution in [3.63, 3.8) is 0 Å². The molecule has 10 nitrogen and oxygen atoms in total. The number of methoxy groups -OCH3 is 2. The maximum atomic E-state index is 13.0. The van der Waals surface area contributed by atoms with Crippen LogP contribution in [-0.4, -0.2) is 51.0 Å². The Morgan fingerprint density at radius 1 is 1.00 bits per heavy atom. The number of pyridine rings is 1. The van der Waals surface area contributed by atoms with Crippen molar-refractivity contribution < 1.29 is 19.1 Å². The van der Waals surface area contributed by atoms with E-state index in [1.807, 2.05) is 54.6 Å². The van der Waals surface area contributed by atoms with Crippen LogP contribution in [0, 0.1) is 0 Å². The number of hydrogen-bond donors (Lipinski definition) is 2. The van der Waals surface area contributed by atoms with E-state index < -0.39 is 5.97 Å². The monoisotopic (exact) mass is 530 g/mol. The van der Waals surface area contributed by atoms with Gasteiger partial charge in [-0.25, -0.2) is 9.78 Å². The molecule has 0 saturated heterocycles. The lowest BCUT2D eigenvalue weighted by atomic mass is 10.1. The van der Waals surface area contributed by atoms with E-state index in [9.17, 15) is 9.59 Å². The molecule has 2 N–H and O–H groups in total. The maximum absolute atomic E-state index is 13.0. The van der Waals surface area contributed by atoms with Crippen molar-refractivity contribution in [1.29, 1.82) is 0 Å². The highest BCUT2D eigenvalue weighted by Crippen LogP contribution is 2.33. The van der Waals surface area contributed by atoms with Gasteiger partial charge in [0.2, 0.25) is 5.91 Å². The normalized spacial score (nSPS) is 11.1. The smallest absolute Gasteiger partial charge is 0.356 e. The van der Waals surface area contributed by atoms with Gasteiger partial charge in [0.25, 0.3) is 0 Å². The fourth-order valence-corrected chi connectivity index (χ4v) is 4.78. The number of esters is 1. The maximum Gasteiger partial charge on any atom is 0.356 e. The predicted molar refractivity (Wildman–Crippen MR) is 146 cm³/mol. The molecule has 1 amide bonds. The summed E-state index contributed by atoms with van der Waals surface area (Å²) in [5, 5.41) is 6.94. The zero-order chi connectivity index (χ0) is 26.5. The molecule has 38 heavy (non-hydrogen) atoms. The Balaban J connectivity index is 1.50. The predicted octanol–water partition coefficient (Wildman–Crippen LogP) is 4.27. The molecule has 5 rings (SSSR count). The first kappa shape index (κ1) is 25.3. The highest BCUT2D eigenvalue weighted by atomic mass is 32.1. The summed E-state index contributed by atoms with van der Waals surface area (Å²) in [7, 11) is 2.89. The molecule has 0 aliphatic carbocycles. The van der Waals surface area contributed by atoms with Gasteiger partial charge in [-0.3, -0.25) is 4.79 Å². The van der Waals surface area contributed by atoms with E-state index in [1.54, 1.807) is 17.9 Å². The molecular formula is C27H26N6O4S. The molecule has 3 heterocycles. The Bertz CT molecular complexity index is 1600. The number of ether oxygens (including phenoxy) is 2. The topological polar surface area (TPSA) is 120 Å². The fourth-order valence-electron chi connectivity index (χ4n) is 4.26. The van der Waals surface area contributed by atoms with Gasteiger partial charge >= 0.3 is 5.97 Å². The Hall–Kier alpha value is -4.35. The van der Waals surface area contributed by atoms with E-state index in [0.29, 0.717) is 36.4 Å². The van der Waals surface area contributed by atoms with E-state index in [-0.39, 0.29) is 18.0 Å². The van der Waals surface area contributed by atoms with Crippen molar-refractivity contribution in [3.8, 4) is 0 Å². The fraction of sp³-hybridized carbons (Fsp3) is 0.222. The molecule has 0 aliphatic rings. The van der Waals surface area contributed by atoms with Gasteiger partial charge in [-0.05, 0) is 29.3 Å². The lowest BCUT2D eigenvalue weighted by Gasteiger charge is -2.10. The number of amides is 1. The third-order valence-electron chi connectivity index (χ3n) is 6.08. The summed E-state index contributed by atoms with van der Waals surface area (Å²) >= 11 is 1.18. The number of carbonyl (C=O) groups is 2. The van der Waals surface area contributed by atoms with Crippen LogP contribution in [0.5, 0.6) is 0 Å². The van der Waals surface area contributed by atoms with E-state index in [0.717, 1.165) is 27.8 Å². The molecule has 0 atom stereocenters. The van der Waals surface area contributed by atoms with Crippen molar-refractivity contribution in [2.24, 2.45) is 0 Å². The zero-order valence-electron chi connectivity index (χ0n) is 20.9. The molecule has 0 spiro atoms. The average molecular weight is 531 g/mol. The van der Waals surface area contributed by atoms with Gasteiger partial charge in [0.15, 0.2) is 5.69 Å². The number of rotatable bonds is 10. The minimum absolute atomic E-state index is 0.158. The summed E-state index contributed by atoms with van der Waals surface area (Å²) in [6.07, 6.45) is 1.86. The summed E-state index contributed by atoms with van der Waals surface area (Å²) in [5.41, 5.74) is 5.46. The number of nitrogens with zero attached hydrogens (tertiary/aromatic N) is 4. The highest BCUT2D eigenvalue weighted by molar-refractivity contribution is 7.00. The minimum atomic E-state index is -0.575. The van der Waals surface area contributed by atoms with E-state index in [2.05, 4.69) is 24.4 Å². The van der Waals surface area contributed by atoms with Gasteiger partial charge in [-0.2, -0.15) is 8.75 Å². The molecule has 5 aromatic rings. The van der Waals surface area contributed by atoms with Crippen LogP contribution in [0.4, 0.5) is 11.4 Å². The van der Waals surface area contributed by atoms with Crippen molar-refractivity contribution in [2.75, 3.05) is 31.5 Å². The molecule has 2 aromatic carbocycles. The second-order valence-electron chi connectivity index (χ2n) is 8.61. The molecule has 194 valence electrons. The first-order chi connectivity index (χ1) is 18.6. The highest BCUT2D eigenvalue weighted by Gasteiger charge is 2.26. The molecule has 0 unspecified atom stereocenters. The lowest BCUT2D eigenvalue weighted by molar-refractivity contribution is -0.115. The number of hydrogen-bond acceptors (Lipinski definition) is 9. The number of fused-ring (bicyclic) bond motifs is 2. The molecule has 0 aliphatic heterocycles. The van der Waals surface area contributed by atoms with Crippen LogP contribution in [0.15, 0.2) is 60.8 Å². The molecule has 0 radical (unpaired) electrons. The first-order valence-electron chi connectivity index (χ1n) is 12.0. The van der Waals surface area contributed by atoms with Crippen molar-refractivity contribution in [3.05, 3.63) is 77.6 Å². The van der Waals surface area contributed by atoms with Crippen LogP contribution in [0.3, 0.4) is 0 Å². The molecule has 11 heteroatoms. The van der Waals surface area contributed by atoms with Gasteiger partial charge in [0, 0.05) is 25.6 Å². The van der Waals surface area contributed by atoms with E-state index in [1.165, 1.54) is 18.8 Å². The quantitative estimate of drug-likeness (QED) is 0.257. The van der Waals surface area contributed by atoms with Crippen LogP contribution in [-0.2, 0) is 33.8 Å². The molecule has 3 aromatic heterocycles. The third kappa shape index (κ3) is 5.34. The Morgan fingerprint density at radius 3 is 2.61 bits per heavy atom. The van der Waals surface area contributed by atoms with Crippen molar-refractivity contribution >= 4 is 57.0 Å². The summed E-state index contributed by atoms with van der Waals surface area (Å²) in [4.78, 5) is 30.6. The summed E-state index contributed by atoms with van der Waals surface area (Å²) in [5.74, 6) is -0.829. The van der Waals surface area contributed by atoms with Crippen LogP contribution in [0.2, 0.25) is 0 Å². The lowest BCUT2D eigenvalue weighted by Crippen LogP contribution is -2.19. The molecule has 0 saturated carbocycles. The Morgan fingerprint density at radius 2 is 1.82 bits per heavy atom. The van der Waals surface area contributed by atoms with Crippen molar-refractivity contribution in [1.82, 2.24) is 18.3 Å². The largest absolute Gasteiger partial charge is 0.464 e. The zero-order valence-corrected chi connectivity index (χ0v) is 21.7. The summed E-state index contributed by atoms with van der Waals surface area (Å²) in [6, 6.07) is 17.2. The van der Waals surface area contributed by atoms with Gasteiger partial charge in [0.05, 0.1) is 49.4 Å². The molecule has 0 fully saturated rings. The minimum Gasteiger partial charge on any atom is -0.464 e. The second kappa shape index (κ2) is 11.4. The SMILES string of the molecule is COCCn1c(C(=O)OC)c(NC(=O)Cc2ccccc2)c2cc(NCc3ccc4nsnc4c3)cnc21. The Labute approximate surface area is 222 Å². The van der Waals surface area contributed by atoms with Gasteiger partial charge in [0.1, 0.15) is 16.7 Å². The number of nitrogens with one attached hydrogen (secondary N) is 2. The van der Waals surface area contributed by atoms with Crippen LogP contribution < -0.4 is 10.6 Å². The first-order valence-corrected chi connectivity index (χ1v) is 12.7. The standard InChI is InChI=1S/C27H26N6O4S/c1-36-11-10-33-25(27(35)37-2)24(30-23(34)13-17-6-4-3-5-7-17)20-14-19(16-29-26(20)33)28-15-18-8-9-21-22(12-18)32-38-31-21/h3-9,12,14,16,28H,10-11,13,15H2,1-2H3,(H,30,34). The van der Waals surface area contributed by atoms with Gasteiger partial charge in [-0.15, -0.1) is 0 Å². The van der Waals surface area contributed by atoms with E-state index >= 15 is 0 Å². The molecule has 0 bridgehead atoms. The summed E-state index contributed by atoms with van der Waals surface area (Å²) in [6.45, 7) is 1.23. The number of aromatic nitrogens is 4. The summed E-state index contributed by atoms with van der Waals surface area (Å²) < 4.78 is 20.6. The third-order valence-corrected chi connectivity index (χ3v) is 6.64. The van der Waals surface area contributed by atoms with Crippen LogP contribution >= 0.6 is 11.7 Å². The van der Waals surface area contributed by atoms with Crippen LogP contribution in [0.1, 0.15) is 21.6 Å². The number of anilines is 2. The van der Waals surface area contributed by atoms with E-state index in [4.69, 9.17) is 9.47 Å². The Kier molecular flexibility index (Phi) is 7.57. The number of benzene rings is 2. The second-order valence-corrected chi connectivity index (χ2v) is 9.13. The van der Waals surface area contributed by atoms with Crippen molar-refractivity contribution in [2.45, 2.75) is 19.5 Å². The average Bonchev–Trinajstić information content (AvgIpc) is 3.52. The van der Waals surface area contributed by atoms with Gasteiger partial charge < -0.3 is 24.7 Å².